The number of rotatable bonds is 6. The molecule has 0 aliphatic carbocycles. The minimum Gasteiger partial charge on any atom is -0.396 e. The highest BCUT2D eigenvalue weighted by Crippen LogP contribution is 2.20. The number of benzene rings is 1. The van der Waals surface area contributed by atoms with Crippen LogP contribution in [-0.2, 0) is 5.79 Å². The van der Waals surface area contributed by atoms with E-state index in [0.29, 0.717) is 12.0 Å². The van der Waals surface area contributed by atoms with Crippen LogP contribution in [0.4, 0.5) is 0 Å². The van der Waals surface area contributed by atoms with Crippen LogP contribution in [0.15, 0.2) is 30.3 Å². The molecule has 6 heteroatoms. The lowest BCUT2D eigenvalue weighted by atomic mass is 9.93. The van der Waals surface area contributed by atoms with E-state index in [2.05, 4.69) is 0 Å². The molecule has 0 aromatic heterocycles. The molecule has 6 N–H and O–H groups in total. The summed E-state index contributed by atoms with van der Waals surface area (Å²) in [7, 11) is 0. The average Bonchev–Trinajstić information content (AvgIpc) is 2.52. The molecule has 0 heterocycles. The Kier molecular flexibility index (Phi) is 8.56. The second-order valence-corrected chi connectivity index (χ2v) is 4.67. The molecule has 0 unspecified atom stereocenters. The van der Waals surface area contributed by atoms with E-state index in [0.717, 1.165) is 0 Å². The molecular formula is C14H24O6. The van der Waals surface area contributed by atoms with E-state index >= 15 is 0 Å². The molecule has 116 valence electrons. The lowest BCUT2D eigenvalue weighted by molar-refractivity contribution is -0.171. The first-order valence-corrected chi connectivity index (χ1v) is 6.35. The zero-order valence-corrected chi connectivity index (χ0v) is 11.6. The van der Waals surface area contributed by atoms with E-state index in [1.165, 1.54) is 0 Å². The third-order valence-electron chi connectivity index (χ3n) is 3.07. The molecule has 0 radical (unpaired) electrons. The van der Waals surface area contributed by atoms with Crippen LogP contribution in [0.1, 0.15) is 18.9 Å². The molecule has 0 saturated heterocycles. The highest BCUT2D eigenvalue weighted by Gasteiger charge is 2.26. The molecule has 1 rings (SSSR count). The van der Waals surface area contributed by atoms with Gasteiger partial charge in [-0.3, -0.25) is 0 Å². The molecule has 1 aromatic carbocycles. The van der Waals surface area contributed by atoms with Crippen molar-refractivity contribution in [1.82, 2.24) is 0 Å². The number of hydrogen-bond donors (Lipinski definition) is 6. The smallest absolute Gasteiger partial charge is 0.189 e. The van der Waals surface area contributed by atoms with Gasteiger partial charge in [0.05, 0.1) is 31.8 Å². The van der Waals surface area contributed by atoms with Crippen LogP contribution in [-0.4, -0.2) is 57.1 Å². The van der Waals surface area contributed by atoms with Gasteiger partial charge < -0.3 is 30.6 Å². The number of hydrogen-bond acceptors (Lipinski definition) is 6. The van der Waals surface area contributed by atoms with Crippen LogP contribution in [0.3, 0.4) is 0 Å². The van der Waals surface area contributed by atoms with Crippen molar-refractivity contribution in [3.63, 3.8) is 0 Å². The first-order chi connectivity index (χ1) is 9.41. The van der Waals surface area contributed by atoms with Gasteiger partial charge in [-0.15, -0.1) is 0 Å². The van der Waals surface area contributed by atoms with Crippen LogP contribution < -0.4 is 0 Å². The van der Waals surface area contributed by atoms with E-state index in [1.54, 1.807) is 31.2 Å². The van der Waals surface area contributed by atoms with Crippen LogP contribution in [0.2, 0.25) is 0 Å². The molecule has 0 bridgehead atoms. The largest absolute Gasteiger partial charge is 0.396 e. The van der Waals surface area contributed by atoms with Crippen LogP contribution in [0, 0.1) is 5.41 Å². The fourth-order valence-corrected chi connectivity index (χ4v) is 1.21. The average molecular weight is 288 g/mol. The minimum atomic E-state index is -1.67. The Bertz CT molecular complexity index is 330. The molecule has 20 heavy (non-hydrogen) atoms. The first kappa shape index (κ1) is 19.0. The third-order valence-corrected chi connectivity index (χ3v) is 3.07. The summed E-state index contributed by atoms with van der Waals surface area (Å²) < 4.78 is 0. The normalized spacial score (nSPS) is 11.8. The van der Waals surface area contributed by atoms with Crippen molar-refractivity contribution in [3.05, 3.63) is 35.9 Å². The second kappa shape index (κ2) is 9.02. The van der Waals surface area contributed by atoms with Crippen molar-refractivity contribution < 1.29 is 30.6 Å². The summed E-state index contributed by atoms with van der Waals surface area (Å²) in [5.41, 5.74) is -0.567. The topological polar surface area (TPSA) is 121 Å². The highest BCUT2D eigenvalue weighted by molar-refractivity contribution is 5.19. The maximum atomic E-state index is 9.35. The Hall–Kier alpha value is -1.02. The number of aliphatic hydroxyl groups is 6. The summed E-state index contributed by atoms with van der Waals surface area (Å²) in [6.07, 6.45) is 0.303. The van der Waals surface area contributed by atoms with Gasteiger partial charge in [-0.25, -0.2) is 0 Å². The molecule has 0 amide bonds. The van der Waals surface area contributed by atoms with Crippen molar-refractivity contribution in [1.29, 1.82) is 0 Å². The van der Waals surface area contributed by atoms with Crippen molar-refractivity contribution >= 4 is 0 Å². The van der Waals surface area contributed by atoms with Gasteiger partial charge in [-0.05, 0) is 0 Å². The second-order valence-electron chi connectivity index (χ2n) is 4.67. The fourth-order valence-electron chi connectivity index (χ4n) is 1.21. The van der Waals surface area contributed by atoms with Crippen molar-refractivity contribution in [2.24, 2.45) is 5.41 Å². The van der Waals surface area contributed by atoms with Gasteiger partial charge in [0.25, 0.3) is 0 Å². The van der Waals surface area contributed by atoms with E-state index < -0.39 is 37.6 Å². The highest BCUT2D eigenvalue weighted by atomic mass is 16.5. The van der Waals surface area contributed by atoms with Crippen LogP contribution >= 0.6 is 0 Å². The SMILES string of the molecule is CCC(O)(O)c1ccccc1.OCC(CO)(CO)CO. The van der Waals surface area contributed by atoms with Gasteiger partial charge >= 0.3 is 0 Å². The van der Waals surface area contributed by atoms with E-state index in [-0.39, 0.29) is 0 Å². The van der Waals surface area contributed by atoms with Gasteiger partial charge in [-0.2, -0.15) is 0 Å². The molecule has 0 atom stereocenters. The minimum absolute atomic E-state index is 0.303. The van der Waals surface area contributed by atoms with Crippen LogP contribution in [0.5, 0.6) is 0 Å². The van der Waals surface area contributed by atoms with Crippen molar-refractivity contribution in [2.75, 3.05) is 26.4 Å². The molecular weight excluding hydrogens is 264 g/mol. The van der Waals surface area contributed by atoms with Gasteiger partial charge in [-0.1, -0.05) is 37.3 Å². The van der Waals surface area contributed by atoms with Gasteiger partial charge in [0, 0.05) is 12.0 Å². The Morgan fingerprint density at radius 1 is 0.800 bits per heavy atom. The quantitative estimate of drug-likeness (QED) is 0.380. The van der Waals surface area contributed by atoms with E-state index in [1.807, 2.05) is 6.07 Å². The molecule has 6 nitrogen and oxygen atoms in total. The Morgan fingerprint density at radius 3 is 1.45 bits per heavy atom. The van der Waals surface area contributed by atoms with Crippen molar-refractivity contribution in [2.45, 2.75) is 19.1 Å². The predicted octanol–water partition coefficient (Wildman–Crippen LogP) is -0.824. The summed E-state index contributed by atoms with van der Waals surface area (Å²) in [4.78, 5) is 0. The van der Waals surface area contributed by atoms with Gasteiger partial charge in [0.15, 0.2) is 5.79 Å². The lowest BCUT2D eigenvalue weighted by Crippen LogP contribution is -2.37. The third kappa shape index (κ3) is 5.54. The Labute approximate surface area is 118 Å². The maximum absolute atomic E-state index is 9.35. The van der Waals surface area contributed by atoms with Gasteiger partial charge in [0.2, 0.25) is 0 Å². The molecule has 0 aliphatic heterocycles. The van der Waals surface area contributed by atoms with Crippen molar-refractivity contribution in [3.8, 4) is 0 Å². The summed E-state index contributed by atoms with van der Waals surface area (Å²) in [6, 6.07) is 8.81. The summed E-state index contributed by atoms with van der Waals surface area (Å²) in [5, 5.41) is 52.7. The van der Waals surface area contributed by atoms with E-state index in [9.17, 15) is 10.2 Å². The Morgan fingerprint density at radius 2 is 1.20 bits per heavy atom. The zero-order valence-electron chi connectivity index (χ0n) is 11.6. The lowest BCUT2D eigenvalue weighted by Gasteiger charge is -2.23. The standard InChI is InChI=1S/C9H12O2.C5H12O4/c1-2-9(10,11)8-6-4-3-5-7-8;6-1-5(2-7,3-8)4-9/h3-7,10-11H,2H2,1H3;6-9H,1-4H2. The summed E-state index contributed by atoms with van der Waals surface area (Å²) >= 11 is 0. The molecule has 0 saturated carbocycles. The first-order valence-electron chi connectivity index (χ1n) is 6.35. The van der Waals surface area contributed by atoms with E-state index in [4.69, 9.17) is 20.4 Å². The zero-order chi connectivity index (χ0) is 15.6. The monoisotopic (exact) mass is 288 g/mol. The number of aliphatic hydroxyl groups excluding tert-OH is 4. The predicted molar refractivity (Wildman–Crippen MR) is 73.6 cm³/mol. The summed E-state index contributed by atoms with van der Waals surface area (Å²) in [5.74, 6) is -1.67. The maximum Gasteiger partial charge on any atom is 0.189 e. The van der Waals surface area contributed by atoms with Crippen LogP contribution in [0.25, 0.3) is 0 Å². The molecule has 0 spiro atoms. The molecule has 0 fully saturated rings. The summed E-state index contributed by atoms with van der Waals surface area (Å²) in [6.45, 7) is 0.104. The fraction of sp³-hybridized carbons (Fsp3) is 0.571. The molecule has 1 aromatic rings. The Balaban J connectivity index is 0.000000370. The van der Waals surface area contributed by atoms with Gasteiger partial charge in [0.1, 0.15) is 0 Å². The molecule has 0 aliphatic rings.